The molecule has 4 aromatic carbocycles. The van der Waals surface area contributed by atoms with E-state index in [1.807, 2.05) is 72.8 Å². The molecule has 0 unspecified atom stereocenters. The van der Waals surface area contributed by atoms with Gasteiger partial charge in [-0.05, 0) is 83.6 Å². The second-order valence-corrected chi connectivity index (χ2v) is 9.54. The fraction of sp³-hybridized carbons (Fsp3) is 0.294. The maximum absolute atomic E-state index is 5.81. The van der Waals surface area contributed by atoms with Crippen molar-refractivity contribution in [2.24, 2.45) is 0 Å². The Labute approximate surface area is 234 Å². The summed E-state index contributed by atoms with van der Waals surface area (Å²) in [7, 11) is 1.36. The van der Waals surface area contributed by atoms with Gasteiger partial charge in [-0.3, -0.25) is 0 Å². The van der Waals surface area contributed by atoms with Gasteiger partial charge >= 0.3 is 7.69 Å². The van der Waals surface area contributed by atoms with Gasteiger partial charge in [-0.2, -0.15) is 0 Å². The minimum atomic E-state index is 0.711. The Bertz CT molecular complexity index is 1120. The van der Waals surface area contributed by atoms with Crippen molar-refractivity contribution < 1.29 is 18.8 Å². The molecule has 201 valence electrons. The van der Waals surface area contributed by atoms with E-state index in [0.717, 1.165) is 59.8 Å². The van der Waals surface area contributed by atoms with Gasteiger partial charge in [-0.1, -0.05) is 88.1 Å². The Morgan fingerprint density at radius 2 is 0.718 bits per heavy atom. The highest BCUT2D eigenvalue weighted by Gasteiger charge is 2.05. The second-order valence-electron chi connectivity index (χ2n) is 9.54. The zero-order valence-corrected chi connectivity index (χ0v) is 23.1. The van der Waals surface area contributed by atoms with E-state index in [2.05, 4.69) is 38.1 Å². The van der Waals surface area contributed by atoms with Gasteiger partial charge in [-0.25, -0.2) is 0 Å². The van der Waals surface area contributed by atoms with E-state index >= 15 is 0 Å². The number of hydrogen-bond acceptors (Lipinski definition) is 4. The molecule has 0 aliphatic heterocycles. The third-order valence-electron chi connectivity index (χ3n) is 6.49. The Hall–Kier alpha value is -3.86. The van der Waals surface area contributed by atoms with E-state index < -0.39 is 0 Å². The molecule has 39 heavy (non-hydrogen) atoms. The van der Waals surface area contributed by atoms with Crippen molar-refractivity contribution in [1.29, 1.82) is 0 Å². The fourth-order valence-corrected chi connectivity index (χ4v) is 4.16. The predicted octanol–water partition coefficient (Wildman–Crippen LogP) is 9.15. The number of ether oxygens (including phenoxy) is 2. The zero-order chi connectivity index (χ0) is 27.1. The largest absolute Gasteiger partial charge is 0.658 e. The van der Waals surface area contributed by atoms with Crippen molar-refractivity contribution in [1.82, 2.24) is 0 Å². The van der Waals surface area contributed by atoms with E-state index in [9.17, 15) is 0 Å². The second kappa shape index (κ2) is 15.5. The standard InChI is InChI=1S/C34H38BO4/c1-3-5-7-25-36-31-17-9-27(10-18-31)29-13-21-33(22-14-29)38-35-39-34-23-15-30(16-24-34)28-11-19-32(20-12-28)37-26-8-6-4-2/h9-24H,3-8,25-26H2,1-2H3. The Morgan fingerprint density at radius 1 is 0.410 bits per heavy atom. The summed E-state index contributed by atoms with van der Waals surface area (Å²) in [5.41, 5.74) is 4.51. The molecular formula is C34H38BO4. The van der Waals surface area contributed by atoms with Crippen LogP contribution in [-0.2, 0) is 0 Å². The normalized spacial score (nSPS) is 10.6. The third-order valence-corrected chi connectivity index (χ3v) is 6.49. The summed E-state index contributed by atoms with van der Waals surface area (Å²) in [6.45, 7) is 5.93. The van der Waals surface area contributed by atoms with Crippen molar-refractivity contribution in [2.75, 3.05) is 13.2 Å². The molecule has 0 aliphatic rings. The van der Waals surface area contributed by atoms with Gasteiger partial charge in [0.2, 0.25) is 0 Å². The Balaban J connectivity index is 1.21. The zero-order valence-electron chi connectivity index (χ0n) is 23.1. The fourth-order valence-electron chi connectivity index (χ4n) is 4.16. The molecule has 0 saturated heterocycles. The van der Waals surface area contributed by atoms with E-state index in [1.54, 1.807) is 0 Å². The first-order valence-electron chi connectivity index (χ1n) is 14.1. The quantitative estimate of drug-likeness (QED) is 0.109. The monoisotopic (exact) mass is 521 g/mol. The highest BCUT2D eigenvalue weighted by Crippen LogP contribution is 2.26. The molecule has 4 rings (SSSR count). The van der Waals surface area contributed by atoms with E-state index in [-0.39, 0.29) is 0 Å². The van der Waals surface area contributed by atoms with Crippen molar-refractivity contribution in [3.8, 4) is 45.3 Å². The Kier molecular flexibility index (Phi) is 11.2. The van der Waals surface area contributed by atoms with Crippen LogP contribution in [0.25, 0.3) is 22.3 Å². The molecule has 0 bridgehead atoms. The number of hydrogen-bond donors (Lipinski definition) is 0. The maximum atomic E-state index is 5.81. The molecule has 4 nitrogen and oxygen atoms in total. The van der Waals surface area contributed by atoms with Crippen LogP contribution in [0.4, 0.5) is 0 Å². The third kappa shape index (κ3) is 9.14. The van der Waals surface area contributed by atoms with Crippen molar-refractivity contribution in [3.63, 3.8) is 0 Å². The van der Waals surface area contributed by atoms with Gasteiger partial charge in [-0.15, -0.1) is 0 Å². The lowest BCUT2D eigenvalue weighted by molar-refractivity contribution is 0.306. The van der Waals surface area contributed by atoms with E-state index in [1.165, 1.54) is 33.4 Å². The first-order valence-corrected chi connectivity index (χ1v) is 14.1. The minimum absolute atomic E-state index is 0.711. The lowest BCUT2D eigenvalue weighted by Crippen LogP contribution is -2.10. The van der Waals surface area contributed by atoms with Crippen molar-refractivity contribution in [2.45, 2.75) is 52.4 Å². The van der Waals surface area contributed by atoms with Crippen LogP contribution < -0.4 is 18.8 Å². The van der Waals surface area contributed by atoms with Crippen LogP contribution in [0.5, 0.6) is 23.0 Å². The van der Waals surface area contributed by atoms with Gasteiger partial charge in [0.1, 0.15) is 23.0 Å². The molecule has 0 amide bonds. The lowest BCUT2D eigenvalue weighted by Gasteiger charge is -2.10. The van der Waals surface area contributed by atoms with Gasteiger partial charge in [0.15, 0.2) is 0 Å². The molecule has 4 aromatic rings. The highest BCUT2D eigenvalue weighted by molar-refractivity contribution is 6.20. The molecule has 5 heteroatoms. The molecule has 0 heterocycles. The van der Waals surface area contributed by atoms with E-state index in [0.29, 0.717) is 11.5 Å². The first kappa shape index (κ1) is 28.2. The smallest absolute Gasteiger partial charge is 0.526 e. The van der Waals surface area contributed by atoms with Crippen LogP contribution in [0.1, 0.15) is 52.4 Å². The number of benzene rings is 4. The molecule has 0 saturated carbocycles. The average molecular weight is 521 g/mol. The summed E-state index contributed by atoms with van der Waals surface area (Å²) in [6, 6.07) is 32.3. The van der Waals surface area contributed by atoms with Crippen LogP contribution >= 0.6 is 0 Å². The SMILES string of the molecule is CCCCCOc1ccc(-c2ccc(O[B]Oc3ccc(-c4ccc(OCCCCC)cc4)cc3)cc2)cc1. The highest BCUT2D eigenvalue weighted by atomic mass is 16.6. The summed E-state index contributed by atoms with van der Waals surface area (Å²) in [5, 5.41) is 0. The first-order chi connectivity index (χ1) is 19.2. The van der Waals surface area contributed by atoms with E-state index in [4.69, 9.17) is 18.8 Å². The van der Waals surface area contributed by atoms with Crippen molar-refractivity contribution in [3.05, 3.63) is 97.1 Å². The predicted molar refractivity (Wildman–Crippen MR) is 161 cm³/mol. The van der Waals surface area contributed by atoms with Crippen LogP contribution in [0.2, 0.25) is 0 Å². The van der Waals surface area contributed by atoms with Gasteiger partial charge in [0.25, 0.3) is 0 Å². The summed E-state index contributed by atoms with van der Waals surface area (Å²) in [5.74, 6) is 3.25. The van der Waals surface area contributed by atoms with Crippen LogP contribution in [0.3, 0.4) is 0 Å². The molecular weight excluding hydrogens is 483 g/mol. The van der Waals surface area contributed by atoms with Gasteiger partial charge < -0.3 is 18.8 Å². The molecule has 1 radical (unpaired) electrons. The molecule has 0 spiro atoms. The van der Waals surface area contributed by atoms with Gasteiger partial charge in [0.05, 0.1) is 13.2 Å². The summed E-state index contributed by atoms with van der Waals surface area (Å²) < 4.78 is 23.0. The Morgan fingerprint density at radius 3 is 1.03 bits per heavy atom. The topological polar surface area (TPSA) is 36.9 Å². The molecule has 0 aliphatic carbocycles. The molecule has 0 N–H and O–H groups in total. The minimum Gasteiger partial charge on any atom is -0.526 e. The van der Waals surface area contributed by atoms with Crippen LogP contribution in [0, 0.1) is 0 Å². The maximum Gasteiger partial charge on any atom is 0.658 e. The lowest BCUT2D eigenvalue weighted by atomic mass is 10.1. The average Bonchev–Trinajstić information content (AvgIpc) is 2.99. The molecule has 0 aromatic heterocycles. The van der Waals surface area contributed by atoms with Crippen molar-refractivity contribution >= 4 is 7.69 Å². The summed E-state index contributed by atoms with van der Waals surface area (Å²) >= 11 is 0. The van der Waals surface area contributed by atoms with Gasteiger partial charge in [0, 0.05) is 0 Å². The van der Waals surface area contributed by atoms with Crippen LogP contribution in [0.15, 0.2) is 97.1 Å². The number of unbranched alkanes of at least 4 members (excludes halogenated alkanes) is 4. The summed E-state index contributed by atoms with van der Waals surface area (Å²) in [6.07, 6.45) is 6.98. The molecule has 0 fully saturated rings. The number of rotatable bonds is 16. The molecule has 0 atom stereocenters. The summed E-state index contributed by atoms with van der Waals surface area (Å²) in [4.78, 5) is 0. The van der Waals surface area contributed by atoms with Crippen LogP contribution in [-0.4, -0.2) is 20.9 Å².